The van der Waals surface area contributed by atoms with E-state index in [0.717, 1.165) is 25.7 Å². The average molecular weight is 315 g/mol. The fraction of sp³-hybridized carbons (Fsp3) is 0.769. The molecule has 1 aliphatic heterocycles. The number of rotatable bonds is 6. The van der Waals surface area contributed by atoms with Crippen LogP contribution < -0.4 is 10.6 Å². The highest BCUT2D eigenvalue weighted by molar-refractivity contribution is 7.89. The molecule has 2 rings (SSSR count). The number of nitrogens with zero attached hydrogens (tertiary/aromatic N) is 3. The summed E-state index contributed by atoms with van der Waals surface area (Å²) in [6.45, 7) is 5.28. The molecular weight excluding hydrogens is 290 g/mol. The van der Waals surface area contributed by atoms with Crippen LogP contribution in [0.1, 0.15) is 39.5 Å². The summed E-state index contributed by atoms with van der Waals surface area (Å²) >= 11 is 0. The molecule has 1 aromatic heterocycles. The second kappa shape index (κ2) is 6.87. The minimum absolute atomic E-state index is 0.199. The largest absolute Gasteiger partial charge is 0.330 e. The van der Waals surface area contributed by atoms with Crippen molar-refractivity contribution in [2.24, 2.45) is 5.73 Å². The van der Waals surface area contributed by atoms with Crippen LogP contribution in [0.2, 0.25) is 0 Å². The zero-order chi connectivity index (χ0) is 15.5. The monoisotopic (exact) mass is 315 g/mol. The maximum Gasteiger partial charge on any atom is 0.256 e. The Hall–Kier alpha value is -0.960. The number of nitrogens with two attached hydrogens (primary N) is 1. The lowest BCUT2D eigenvalue weighted by Crippen LogP contribution is -2.53. The normalized spacial score (nSPS) is 24.3. The standard InChI is InChI=1S/C13H25N5O2S/c1-11-5-3-6-12(2)18(11)16-21(19,20)13-9-15-17(10-13)8-4-7-14/h9-12,16H,3-8,14H2,1-2H3. The van der Waals surface area contributed by atoms with Gasteiger partial charge < -0.3 is 5.73 Å². The number of hydrogen-bond acceptors (Lipinski definition) is 5. The molecule has 2 heterocycles. The second-order valence-corrected chi connectivity index (χ2v) is 7.37. The predicted octanol–water partition coefficient (Wildman–Crippen LogP) is 0.688. The van der Waals surface area contributed by atoms with Gasteiger partial charge in [0.25, 0.3) is 10.0 Å². The molecule has 1 fully saturated rings. The minimum Gasteiger partial charge on any atom is -0.330 e. The fourth-order valence-corrected chi connectivity index (χ4v) is 3.84. The molecule has 2 atom stereocenters. The number of nitrogens with one attached hydrogen (secondary N) is 1. The van der Waals surface area contributed by atoms with Crippen molar-refractivity contribution in [3.05, 3.63) is 12.4 Å². The Bertz CT molecular complexity index is 547. The Morgan fingerprint density at radius 2 is 2.05 bits per heavy atom. The van der Waals surface area contributed by atoms with Crippen LogP contribution in [0.5, 0.6) is 0 Å². The summed E-state index contributed by atoms with van der Waals surface area (Å²) < 4.78 is 26.5. The summed E-state index contributed by atoms with van der Waals surface area (Å²) in [6, 6.07) is 0.409. The SMILES string of the molecule is CC1CCCC(C)N1NS(=O)(=O)c1cnn(CCCN)c1. The van der Waals surface area contributed by atoms with E-state index in [1.807, 2.05) is 18.9 Å². The number of piperidine rings is 1. The van der Waals surface area contributed by atoms with Crippen molar-refractivity contribution in [2.75, 3.05) is 6.54 Å². The third-order valence-electron chi connectivity index (χ3n) is 3.93. The van der Waals surface area contributed by atoms with Gasteiger partial charge in [-0.15, -0.1) is 4.83 Å². The summed E-state index contributed by atoms with van der Waals surface area (Å²) in [7, 11) is -3.57. The van der Waals surface area contributed by atoms with Crippen LogP contribution >= 0.6 is 0 Å². The number of hydrazine groups is 1. The van der Waals surface area contributed by atoms with Gasteiger partial charge in [-0.05, 0) is 39.7 Å². The molecule has 0 aromatic carbocycles. The van der Waals surface area contributed by atoms with Gasteiger partial charge in [0.05, 0.1) is 6.20 Å². The molecule has 0 radical (unpaired) electrons. The Kier molecular flexibility index (Phi) is 5.37. The first-order valence-electron chi connectivity index (χ1n) is 7.47. The first-order chi connectivity index (χ1) is 9.94. The molecule has 1 aromatic rings. The molecule has 0 spiro atoms. The lowest BCUT2D eigenvalue weighted by atomic mass is 10.0. The highest BCUT2D eigenvalue weighted by Crippen LogP contribution is 2.21. The highest BCUT2D eigenvalue weighted by Gasteiger charge is 2.29. The van der Waals surface area contributed by atoms with E-state index in [-0.39, 0.29) is 17.0 Å². The first-order valence-corrected chi connectivity index (χ1v) is 8.95. The van der Waals surface area contributed by atoms with Gasteiger partial charge in [-0.2, -0.15) is 5.10 Å². The van der Waals surface area contributed by atoms with Crippen molar-refractivity contribution in [1.82, 2.24) is 19.6 Å². The van der Waals surface area contributed by atoms with Gasteiger partial charge in [-0.25, -0.2) is 13.4 Å². The minimum atomic E-state index is -3.57. The molecule has 3 N–H and O–H groups in total. The Labute approximate surface area is 126 Å². The quantitative estimate of drug-likeness (QED) is 0.805. The van der Waals surface area contributed by atoms with Gasteiger partial charge in [0.15, 0.2) is 0 Å². The van der Waals surface area contributed by atoms with E-state index in [4.69, 9.17) is 5.73 Å². The van der Waals surface area contributed by atoms with E-state index in [2.05, 4.69) is 9.93 Å². The van der Waals surface area contributed by atoms with Crippen LogP contribution in [0.3, 0.4) is 0 Å². The number of sulfonamides is 1. The van der Waals surface area contributed by atoms with Crippen molar-refractivity contribution < 1.29 is 8.42 Å². The van der Waals surface area contributed by atoms with E-state index < -0.39 is 10.0 Å². The van der Waals surface area contributed by atoms with Crippen LogP contribution in [-0.4, -0.2) is 41.8 Å². The summed E-state index contributed by atoms with van der Waals surface area (Å²) in [5, 5.41) is 5.92. The molecule has 8 heteroatoms. The summed E-state index contributed by atoms with van der Waals surface area (Å²) in [5.41, 5.74) is 5.44. The molecule has 7 nitrogen and oxygen atoms in total. The second-order valence-electron chi connectivity index (χ2n) is 5.71. The molecule has 2 unspecified atom stereocenters. The van der Waals surface area contributed by atoms with Gasteiger partial charge in [0.2, 0.25) is 0 Å². The van der Waals surface area contributed by atoms with E-state index >= 15 is 0 Å². The van der Waals surface area contributed by atoms with Gasteiger partial charge in [0, 0.05) is 24.8 Å². The van der Waals surface area contributed by atoms with E-state index in [9.17, 15) is 8.42 Å². The average Bonchev–Trinajstić information content (AvgIpc) is 2.90. The van der Waals surface area contributed by atoms with Crippen molar-refractivity contribution in [1.29, 1.82) is 0 Å². The molecular formula is C13H25N5O2S. The molecule has 0 saturated carbocycles. The van der Waals surface area contributed by atoms with E-state index in [0.29, 0.717) is 13.1 Å². The molecule has 1 saturated heterocycles. The maximum atomic E-state index is 12.4. The number of aryl methyl sites for hydroxylation is 1. The third kappa shape index (κ3) is 4.03. The highest BCUT2D eigenvalue weighted by atomic mass is 32.2. The lowest BCUT2D eigenvalue weighted by molar-refractivity contribution is 0.0790. The van der Waals surface area contributed by atoms with Crippen LogP contribution in [0, 0.1) is 0 Å². The summed E-state index contributed by atoms with van der Waals surface area (Å²) in [6.07, 6.45) is 6.85. The number of aromatic nitrogens is 2. The molecule has 0 aliphatic carbocycles. The van der Waals surface area contributed by atoms with Gasteiger partial charge in [0.1, 0.15) is 4.90 Å². The van der Waals surface area contributed by atoms with Crippen LogP contribution in [0.15, 0.2) is 17.3 Å². The van der Waals surface area contributed by atoms with Gasteiger partial charge >= 0.3 is 0 Å². The van der Waals surface area contributed by atoms with E-state index in [1.54, 1.807) is 10.9 Å². The first kappa shape index (κ1) is 16.4. The smallest absolute Gasteiger partial charge is 0.256 e. The summed E-state index contributed by atoms with van der Waals surface area (Å²) in [5.74, 6) is 0. The predicted molar refractivity (Wildman–Crippen MR) is 80.8 cm³/mol. The fourth-order valence-electron chi connectivity index (χ4n) is 2.65. The Morgan fingerprint density at radius 1 is 1.38 bits per heavy atom. The third-order valence-corrected chi connectivity index (χ3v) is 5.21. The van der Waals surface area contributed by atoms with Crippen molar-refractivity contribution in [3.63, 3.8) is 0 Å². The molecule has 120 valence electrons. The molecule has 0 bridgehead atoms. The maximum absolute atomic E-state index is 12.4. The van der Waals surface area contributed by atoms with E-state index in [1.165, 1.54) is 6.20 Å². The van der Waals surface area contributed by atoms with Crippen LogP contribution in [-0.2, 0) is 16.6 Å². The van der Waals surface area contributed by atoms with Crippen LogP contribution in [0.4, 0.5) is 0 Å². The van der Waals surface area contributed by atoms with Crippen molar-refractivity contribution in [3.8, 4) is 0 Å². The lowest BCUT2D eigenvalue weighted by Gasteiger charge is -2.38. The van der Waals surface area contributed by atoms with Crippen LogP contribution in [0.25, 0.3) is 0 Å². The molecule has 21 heavy (non-hydrogen) atoms. The van der Waals surface area contributed by atoms with Crippen molar-refractivity contribution >= 4 is 10.0 Å². The Morgan fingerprint density at radius 3 is 2.67 bits per heavy atom. The van der Waals surface area contributed by atoms with Crippen molar-refractivity contribution in [2.45, 2.75) is 63.1 Å². The zero-order valence-corrected chi connectivity index (χ0v) is 13.5. The van der Waals surface area contributed by atoms with Gasteiger partial charge in [-0.1, -0.05) is 6.42 Å². The summed E-state index contributed by atoms with van der Waals surface area (Å²) in [4.78, 5) is 2.91. The number of hydrogen-bond donors (Lipinski definition) is 2. The Balaban J connectivity index is 2.08. The topological polar surface area (TPSA) is 93.2 Å². The van der Waals surface area contributed by atoms with Gasteiger partial charge in [-0.3, -0.25) is 4.68 Å². The molecule has 1 aliphatic rings. The molecule has 0 amide bonds. The zero-order valence-electron chi connectivity index (χ0n) is 12.7.